The predicted molar refractivity (Wildman–Crippen MR) is 62.1 cm³/mol. The maximum absolute atomic E-state index is 11.9. The number of hydrogen-bond donors (Lipinski definition) is 1. The second-order valence-corrected chi connectivity index (χ2v) is 6.97. The Balaban J connectivity index is 2.57. The van der Waals surface area contributed by atoms with Crippen molar-refractivity contribution in [2.75, 3.05) is 5.75 Å². The molecule has 0 aliphatic heterocycles. The van der Waals surface area contributed by atoms with Gasteiger partial charge in [0.25, 0.3) is 0 Å². The molecule has 5 heteroatoms. The number of rotatable bonds is 5. The van der Waals surface area contributed by atoms with Crippen molar-refractivity contribution in [3.05, 3.63) is 0 Å². The van der Waals surface area contributed by atoms with Crippen LogP contribution in [0.1, 0.15) is 45.4 Å². The zero-order valence-electron chi connectivity index (χ0n) is 9.68. The molecule has 0 heterocycles. The van der Waals surface area contributed by atoms with Gasteiger partial charge in [-0.2, -0.15) is 0 Å². The van der Waals surface area contributed by atoms with Crippen LogP contribution in [0.5, 0.6) is 0 Å². The van der Waals surface area contributed by atoms with Gasteiger partial charge in [-0.3, -0.25) is 4.79 Å². The summed E-state index contributed by atoms with van der Waals surface area (Å²) in [4.78, 5) is 10.4. The first kappa shape index (κ1) is 13.5. The summed E-state index contributed by atoms with van der Waals surface area (Å²) in [7, 11) is -3.20. The number of carbonyl (C=O) groups is 1. The Morgan fingerprint density at radius 3 is 2.62 bits per heavy atom. The molecule has 1 fully saturated rings. The van der Waals surface area contributed by atoms with Crippen LogP contribution >= 0.6 is 0 Å². The van der Waals surface area contributed by atoms with Crippen molar-refractivity contribution in [1.82, 2.24) is 0 Å². The molecule has 16 heavy (non-hydrogen) atoms. The average molecular weight is 248 g/mol. The topological polar surface area (TPSA) is 71.4 Å². The molecule has 0 aromatic carbocycles. The van der Waals surface area contributed by atoms with Gasteiger partial charge < -0.3 is 5.11 Å². The minimum absolute atomic E-state index is 0.205. The second-order valence-electron chi connectivity index (χ2n) is 4.57. The molecule has 1 aliphatic carbocycles. The van der Waals surface area contributed by atoms with Crippen LogP contribution in [0.4, 0.5) is 0 Å². The summed E-state index contributed by atoms with van der Waals surface area (Å²) in [6.07, 6.45) is 4.24. The van der Waals surface area contributed by atoms with E-state index in [0.717, 1.165) is 25.7 Å². The molecular formula is C11H20O4S. The molecule has 0 amide bonds. The van der Waals surface area contributed by atoms with Gasteiger partial charge in [0, 0.05) is 0 Å². The highest BCUT2D eigenvalue weighted by molar-refractivity contribution is 7.92. The highest BCUT2D eigenvalue weighted by atomic mass is 32.2. The van der Waals surface area contributed by atoms with E-state index in [1.165, 1.54) is 0 Å². The molecule has 1 rings (SSSR count). The lowest BCUT2D eigenvalue weighted by Gasteiger charge is -2.28. The molecule has 0 saturated heterocycles. The lowest BCUT2D eigenvalue weighted by molar-refractivity contribution is -0.136. The van der Waals surface area contributed by atoms with Crippen LogP contribution in [0.15, 0.2) is 0 Å². The third-order valence-corrected chi connectivity index (χ3v) is 5.64. The van der Waals surface area contributed by atoms with E-state index >= 15 is 0 Å². The van der Waals surface area contributed by atoms with Crippen molar-refractivity contribution in [3.63, 3.8) is 0 Å². The zero-order chi connectivity index (χ0) is 12.2. The van der Waals surface area contributed by atoms with Gasteiger partial charge in [-0.25, -0.2) is 8.42 Å². The fourth-order valence-corrected chi connectivity index (χ4v) is 4.22. The second kappa shape index (κ2) is 5.66. The van der Waals surface area contributed by atoms with Gasteiger partial charge in [0.15, 0.2) is 9.84 Å². The largest absolute Gasteiger partial charge is 0.481 e. The van der Waals surface area contributed by atoms with Crippen LogP contribution in [0.25, 0.3) is 0 Å². The summed E-state index contributed by atoms with van der Waals surface area (Å²) in [5.41, 5.74) is 0. The minimum Gasteiger partial charge on any atom is -0.481 e. The standard InChI is InChI=1S/C11H20O4S/c1-2-9-4-3-5-10(8-9)16(14,15)7-6-11(12)13/h9-10H,2-8H2,1H3,(H,12,13). The number of carboxylic acid groups (broad SMARTS) is 1. The average Bonchev–Trinajstić information content (AvgIpc) is 2.27. The Kier molecular flexibility index (Phi) is 4.77. The molecular weight excluding hydrogens is 228 g/mol. The fourth-order valence-electron chi connectivity index (χ4n) is 2.33. The van der Waals surface area contributed by atoms with E-state index in [1.807, 2.05) is 0 Å². The van der Waals surface area contributed by atoms with Gasteiger partial charge in [-0.15, -0.1) is 0 Å². The third-order valence-electron chi connectivity index (χ3n) is 3.42. The molecule has 0 aromatic heterocycles. The van der Waals surface area contributed by atoms with Gasteiger partial charge in [-0.1, -0.05) is 26.2 Å². The highest BCUT2D eigenvalue weighted by Gasteiger charge is 2.31. The van der Waals surface area contributed by atoms with Crippen molar-refractivity contribution in [1.29, 1.82) is 0 Å². The summed E-state index contributed by atoms with van der Waals surface area (Å²) in [6.45, 7) is 2.08. The fraction of sp³-hybridized carbons (Fsp3) is 0.909. The third kappa shape index (κ3) is 3.77. The number of hydrogen-bond acceptors (Lipinski definition) is 3. The summed E-state index contributed by atoms with van der Waals surface area (Å²) in [5, 5.41) is 8.21. The number of aliphatic carboxylic acids is 1. The smallest absolute Gasteiger partial charge is 0.304 e. The summed E-state index contributed by atoms with van der Waals surface area (Å²) < 4.78 is 23.8. The quantitative estimate of drug-likeness (QED) is 0.806. The van der Waals surface area contributed by atoms with Crippen LogP contribution in [0, 0.1) is 5.92 Å². The van der Waals surface area contributed by atoms with E-state index in [2.05, 4.69) is 6.92 Å². The molecule has 94 valence electrons. The van der Waals surface area contributed by atoms with E-state index in [4.69, 9.17) is 5.11 Å². The molecule has 0 spiro atoms. The van der Waals surface area contributed by atoms with E-state index < -0.39 is 15.8 Å². The summed E-state index contributed by atoms with van der Waals surface area (Å²) >= 11 is 0. The van der Waals surface area contributed by atoms with Crippen molar-refractivity contribution >= 4 is 15.8 Å². The Morgan fingerprint density at radius 1 is 1.38 bits per heavy atom. The van der Waals surface area contributed by atoms with Crippen LogP contribution in [0.3, 0.4) is 0 Å². The number of sulfone groups is 1. The Morgan fingerprint density at radius 2 is 2.06 bits per heavy atom. The molecule has 1 aliphatic rings. The number of carboxylic acids is 1. The van der Waals surface area contributed by atoms with Crippen molar-refractivity contribution in [2.45, 2.75) is 50.7 Å². The maximum Gasteiger partial charge on any atom is 0.304 e. The van der Waals surface area contributed by atoms with Gasteiger partial charge in [0.2, 0.25) is 0 Å². The molecule has 0 radical (unpaired) electrons. The predicted octanol–water partition coefficient (Wildman–Crippen LogP) is 1.84. The Hall–Kier alpha value is -0.580. The van der Waals surface area contributed by atoms with E-state index in [0.29, 0.717) is 12.3 Å². The normalized spacial score (nSPS) is 26.6. The Labute approximate surface area is 97.0 Å². The van der Waals surface area contributed by atoms with Crippen LogP contribution < -0.4 is 0 Å². The molecule has 1 saturated carbocycles. The lowest BCUT2D eigenvalue weighted by atomic mass is 9.87. The molecule has 1 N–H and O–H groups in total. The minimum atomic E-state index is -3.20. The van der Waals surface area contributed by atoms with Gasteiger partial charge in [-0.05, 0) is 18.8 Å². The van der Waals surface area contributed by atoms with Crippen LogP contribution in [-0.2, 0) is 14.6 Å². The summed E-state index contributed by atoms with van der Waals surface area (Å²) in [6, 6.07) is 0. The van der Waals surface area contributed by atoms with E-state index in [-0.39, 0.29) is 17.4 Å². The van der Waals surface area contributed by atoms with Gasteiger partial charge in [0.1, 0.15) is 0 Å². The molecule has 2 unspecified atom stereocenters. The molecule has 4 nitrogen and oxygen atoms in total. The molecule has 0 aromatic rings. The Bertz CT molecular complexity index is 334. The molecule has 0 bridgehead atoms. The van der Waals surface area contributed by atoms with E-state index in [9.17, 15) is 13.2 Å². The maximum atomic E-state index is 11.9. The highest BCUT2D eigenvalue weighted by Crippen LogP contribution is 2.31. The first-order chi connectivity index (χ1) is 7.45. The lowest BCUT2D eigenvalue weighted by Crippen LogP contribution is -2.30. The van der Waals surface area contributed by atoms with Crippen molar-refractivity contribution in [2.24, 2.45) is 5.92 Å². The van der Waals surface area contributed by atoms with E-state index in [1.54, 1.807) is 0 Å². The zero-order valence-corrected chi connectivity index (χ0v) is 10.5. The molecule has 2 atom stereocenters. The summed E-state index contributed by atoms with van der Waals surface area (Å²) in [5.74, 6) is -0.742. The van der Waals surface area contributed by atoms with Gasteiger partial charge in [0.05, 0.1) is 17.4 Å². The van der Waals surface area contributed by atoms with Gasteiger partial charge >= 0.3 is 5.97 Å². The first-order valence-electron chi connectivity index (χ1n) is 5.89. The van der Waals surface area contributed by atoms with Crippen molar-refractivity contribution in [3.8, 4) is 0 Å². The van der Waals surface area contributed by atoms with Crippen molar-refractivity contribution < 1.29 is 18.3 Å². The first-order valence-corrected chi connectivity index (χ1v) is 7.60. The monoisotopic (exact) mass is 248 g/mol. The van der Waals surface area contributed by atoms with Crippen LogP contribution in [-0.4, -0.2) is 30.5 Å². The van der Waals surface area contributed by atoms with Crippen LogP contribution in [0.2, 0.25) is 0 Å². The SMILES string of the molecule is CCC1CCCC(S(=O)(=O)CCC(=O)O)C1.